The first-order valence-electron chi connectivity index (χ1n) is 7.33. The van der Waals surface area contributed by atoms with Crippen LogP contribution in [0.15, 0.2) is 35.2 Å². The van der Waals surface area contributed by atoms with E-state index in [0.29, 0.717) is 22.9 Å². The van der Waals surface area contributed by atoms with Crippen molar-refractivity contribution in [1.29, 1.82) is 0 Å². The van der Waals surface area contributed by atoms with Crippen LogP contribution in [0.1, 0.15) is 27.8 Å². The van der Waals surface area contributed by atoms with Crippen LogP contribution >= 0.6 is 22.9 Å². The molecule has 1 aliphatic rings. The van der Waals surface area contributed by atoms with Gasteiger partial charge < -0.3 is 5.11 Å². The molecular weight excluding hydrogens is 354 g/mol. The van der Waals surface area contributed by atoms with E-state index in [-0.39, 0.29) is 0 Å². The van der Waals surface area contributed by atoms with Crippen molar-refractivity contribution >= 4 is 33.0 Å². The van der Waals surface area contributed by atoms with Crippen LogP contribution in [0.4, 0.5) is 0 Å². The second kappa shape index (κ2) is 6.18. The van der Waals surface area contributed by atoms with Crippen LogP contribution in [-0.4, -0.2) is 30.5 Å². The summed E-state index contributed by atoms with van der Waals surface area (Å²) >= 11 is 7.38. The zero-order valence-electron chi connectivity index (χ0n) is 12.9. The zero-order valence-corrected chi connectivity index (χ0v) is 15.2. The van der Waals surface area contributed by atoms with Gasteiger partial charge in [-0.05, 0) is 44.0 Å². The van der Waals surface area contributed by atoms with Crippen molar-refractivity contribution in [1.82, 2.24) is 4.31 Å². The van der Waals surface area contributed by atoms with Crippen molar-refractivity contribution < 1.29 is 13.5 Å². The SMILES string of the molecule is Cc1cc(S(=O)(=O)N2CC[C@@H](O)[C@H]2c2ccc(Cl)cc2)c(C)s1. The molecule has 0 spiro atoms. The first-order chi connectivity index (χ1) is 10.8. The molecule has 0 aliphatic carbocycles. The topological polar surface area (TPSA) is 57.6 Å². The monoisotopic (exact) mass is 371 g/mol. The molecule has 0 amide bonds. The van der Waals surface area contributed by atoms with Crippen molar-refractivity contribution in [2.75, 3.05) is 6.54 Å². The summed E-state index contributed by atoms with van der Waals surface area (Å²) < 4.78 is 27.5. The maximum Gasteiger partial charge on any atom is 0.244 e. The number of sulfonamides is 1. The molecule has 1 saturated heterocycles. The van der Waals surface area contributed by atoms with Gasteiger partial charge in [0.2, 0.25) is 10.0 Å². The molecular formula is C16H18ClNO3S2. The fraction of sp³-hybridized carbons (Fsp3) is 0.375. The van der Waals surface area contributed by atoms with Gasteiger partial charge in [0.15, 0.2) is 0 Å². The van der Waals surface area contributed by atoms with Gasteiger partial charge in [0.25, 0.3) is 0 Å². The molecule has 2 heterocycles. The number of halogens is 1. The largest absolute Gasteiger partial charge is 0.391 e. The van der Waals surface area contributed by atoms with E-state index in [2.05, 4.69) is 0 Å². The van der Waals surface area contributed by atoms with Gasteiger partial charge in [0.1, 0.15) is 0 Å². The molecule has 1 fully saturated rings. The third-order valence-electron chi connectivity index (χ3n) is 4.11. The Labute approximate surface area is 145 Å². The Morgan fingerprint density at radius 2 is 1.91 bits per heavy atom. The summed E-state index contributed by atoms with van der Waals surface area (Å²) in [5, 5.41) is 10.9. The maximum absolute atomic E-state index is 13.1. The van der Waals surface area contributed by atoms with Gasteiger partial charge >= 0.3 is 0 Å². The van der Waals surface area contributed by atoms with Crippen LogP contribution in [0, 0.1) is 13.8 Å². The molecule has 1 aromatic carbocycles. The molecule has 0 radical (unpaired) electrons. The van der Waals surface area contributed by atoms with Crippen molar-refractivity contribution in [3.63, 3.8) is 0 Å². The molecule has 1 aliphatic heterocycles. The third-order valence-corrected chi connectivity index (χ3v) is 7.47. The molecule has 7 heteroatoms. The number of aliphatic hydroxyl groups excluding tert-OH is 1. The van der Waals surface area contributed by atoms with Crippen LogP contribution < -0.4 is 0 Å². The van der Waals surface area contributed by atoms with E-state index in [0.717, 1.165) is 15.3 Å². The van der Waals surface area contributed by atoms with Crippen LogP contribution in [0.3, 0.4) is 0 Å². The van der Waals surface area contributed by atoms with E-state index < -0.39 is 22.2 Å². The molecule has 0 unspecified atom stereocenters. The predicted octanol–water partition coefficient (Wildman–Crippen LogP) is 3.51. The minimum atomic E-state index is -3.64. The Kier molecular flexibility index (Phi) is 4.55. The van der Waals surface area contributed by atoms with Crippen molar-refractivity contribution in [3.05, 3.63) is 50.7 Å². The summed E-state index contributed by atoms with van der Waals surface area (Å²) in [6, 6.07) is 8.11. The molecule has 3 rings (SSSR count). The second-order valence-corrected chi connectivity index (χ2v) is 9.50. The number of hydrogen-bond donors (Lipinski definition) is 1. The molecule has 1 N–H and O–H groups in total. The Balaban J connectivity index is 2.03. The minimum absolute atomic E-state index is 0.311. The predicted molar refractivity (Wildman–Crippen MR) is 92.5 cm³/mol. The van der Waals surface area contributed by atoms with Crippen LogP contribution in [0.25, 0.3) is 0 Å². The minimum Gasteiger partial charge on any atom is -0.391 e. The standard InChI is InChI=1S/C16H18ClNO3S2/c1-10-9-15(11(2)22-10)23(20,21)18-8-7-14(19)16(18)12-3-5-13(17)6-4-12/h3-6,9,14,16,19H,7-8H2,1-2H3/t14-,16-/m1/s1. The van der Waals surface area contributed by atoms with Crippen molar-refractivity contribution in [2.45, 2.75) is 37.3 Å². The van der Waals surface area contributed by atoms with Gasteiger partial charge in [0.05, 0.1) is 17.0 Å². The van der Waals surface area contributed by atoms with Crippen LogP contribution in [-0.2, 0) is 10.0 Å². The molecule has 0 bridgehead atoms. The highest BCUT2D eigenvalue weighted by Gasteiger charge is 2.42. The highest BCUT2D eigenvalue weighted by Crippen LogP contribution is 2.39. The Bertz CT molecular complexity index is 814. The average Bonchev–Trinajstić information content (AvgIpc) is 3.03. The Hall–Kier alpha value is -0.920. The van der Waals surface area contributed by atoms with Gasteiger partial charge in [-0.15, -0.1) is 11.3 Å². The molecule has 23 heavy (non-hydrogen) atoms. The molecule has 1 aromatic heterocycles. The lowest BCUT2D eigenvalue weighted by atomic mass is 10.0. The molecule has 0 saturated carbocycles. The van der Waals surface area contributed by atoms with E-state index in [9.17, 15) is 13.5 Å². The summed E-state index contributed by atoms with van der Waals surface area (Å²) in [5.74, 6) is 0. The van der Waals surface area contributed by atoms with E-state index in [4.69, 9.17) is 11.6 Å². The van der Waals surface area contributed by atoms with E-state index in [1.807, 2.05) is 13.8 Å². The summed E-state index contributed by atoms with van der Waals surface area (Å²) in [6.07, 6.45) is -0.291. The van der Waals surface area contributed by atoms with Gasteiger partial charge in [-0.1, -0.05) is 23.7 Å². The number of aliphatic hydroxyl groups is 1. The van der Waals surface area contributed by atoms with E-state index in [1.165, 1.54) is 15.6 Å². The zero-order chi connectivity index (χ0) is 16.8. The second-order valence-electron chi connectivity index (χ2n) is 5.75. The molecule has 124 valence electrons. The molecule has 4 nitrogen and oxygen atoms in total. The Morgan fingerprint density at radius 3 is 2.48 bits per heavy atom. The molecule has 2 aromatic rings. The summed E-state index contributed by atoms with van der Waals surface area (Å²) in [6.45, 7) is 4.02. The smallest absolute Gasteiger partial charge is 0.244 e. The van der Waals surface area contributed by atoms with Gasteiger partial charge in [-0.3, -0.25) is 0 Å². The number of hydrogen-bond acceptors (Lipinski definition) is 4. The summed E-state index contributed by atoms with van der Waals surface area (Å²) in [4.78, 5) is 2.08. The third kappa shape index (κ3) is 3.06. The number of aryl methyl sites for hydroxylation is 2. The van der Waals surface area contributed by atoms with E-state index in [1.54, 1.807) is 30.3 Å². The highest BCUT2D eigenvalue weighted by atomic mass is 35.5. The van der Waals surface area contributed by atoms with Crippen molar-refractivity contribution in [2.24, 2.45) is 0 Å². The number of thiophene rings is 1. The average molecular weight is 372 g/mol. The summed E-state index contributed by atoms with van der Waals surface area (Å²) in [7, 11) is -3.64. The quantitative estimate of drug-likeness (QED) is 0.898. The summed E-state index contributed by atoms with van der Waals surface area (Å²) in [5.41, 5.74) is 0.757. The van der Waals surface area contributed by atoms with Crippen LogP contribution in [0.2, 0.25) is 5.02 Å². The maximum atomic E-state index is 13.1. The number of benzene rings is 1. The molecule has 2 atom stereocenters. The number of rotatable bonds is 3. The van der Waals surface area contributed by atoms with Gasteiger partial charge in [0, 0.05) is 21.3 Å². The fourth-order valence-corrected chi connectivity index (χ4v) is 6.37. The van der Waals surface area contributed by atoms with Crippen molar-refractivity contribution in [3.8, 4) is 0 Å². The fourth-order valence-electron chi connectivity index (χ4n) is 3.06. The lowest BCUT2D eigenvalue weighted by Crippen LogP contribution is -2.33. The van der Waals surface area contributed by atoms with Crippen LogP contribution in [0.5, 0.6) is 0 Å². The van der Waals surface area contributed by atoms with Gasteiger partial charge in [-0.2, -0.15) is 4.31 Å². The Morgan fingerprint density at radius 1 is 1.26 bits per heavy atom. The first-order valence-corrected chi connectivity index (χ1v) is 9.96. The van der Waals surface area contributed by atoms with E-state index >= 15 is 0 Å². The lowest BCUT2D eigenvalue weighted by Gasteiger charge is -2.26. The highest BCUT2D eigenvalue weighted by molar-refractivity contribution is 7.89. The number of nitrogens with zero attached hydrogens (tertiary/aromatic N) is 1. The first kappa shape index (κ1) is 16.9. The van der Waals surface area contributed by atoms with Gasteiger partial charge in [-0.25, -0.2) is 8.42 Å². The normalized spacial score (nSPS) is 22.6. The lowest BCUT2D eigenvalue weighted by molar-refractivity contribution is 0.143.